The molecule has 1 heterocycles. The molecular weight excluding hydrogens is 321 g/mol. The number of nitrogens with zero attached hydrogens (tertiary/aromatic N) is 1. The molecule has 0 aliphatic heterocycles. The van der Waals surface area contributed by atoms with Gasteiger partial charge in [0.15, 0.2) is 0 Å². The summed E-state index contributed by atoms with van der Waals surface area (Å²) in [5.74, 6) is -0.332. The second-order valence-corrected chi connectivity index (χ2v) is 5.11. The maximum absolute atomic E-state index is 13.1. The summed E-state index contributed by atoms with van der Waals surface area (Å²) in [6.07, 6.45) is 2.52. The minimum absolute atomic E-state index is 0.280. The Balaban J connectivity index is 2.24. The molecule has 0 spiro atoms. The number of aliphatic hydroxyl groups excluding tert-OH is 1. The monoisotopic (exact) mass is 329 g/mol. The fourth-order valence-electron chi connectivity index (χ4n) is 1.67. The molecule has 0 aliphatic rings. The molecule has 0 saturated heterocycles. The average molecular weight is 331 g/mol. The second kappa shape index (κ2) is 5.78. The third-order valence-electron chi connectivity index (χ3n) is 2.58. The van der Waals surface area contributed by atoms with E-state index in [0.717, 1.165) is 4.47 Å². The Labute approximate surface area is 118 Å². The summed E-state index contributed by atoms with van der Waals surface area (Å²) in [6, 6.07) is 6.02. The van der Waals surface area contributed by atoms with Crippen LogP contribution in [0.3, 0.4) is 0 Å². The molecule has 0 fully saturated rings. The predicted molar refractivity (Wildman–Crippen MR) is 72.0 cm³/mol. The zero-order valence-electron chi connectivity index (χ0n) is 9.28. The third-order valence-corrected chi connectivity index (χ3v) is 3.67. The van der Waals surface area contributed by atoms with Gasteiger partial charge in [-0.05, 0) is 29.8 Å². The Morgan fingerprint density at radius 1 is 1.39 bits per heavy atom. The molecule has 0 bridgehead atoms. The lowest BCUT2D eigenvalue weighted by Gasteiger charge is -2.13. The highest BCUT2D eigenvalue weighted by atomic mass is 79.9. The molecule has 0 amide bonds. The lowest BCUT2D eigenvalue weighted by Crippen LogP contribution is -2.03. The summed E-state index contributed by atoms with van der Waals surface area (Å²) in [5.41, 5.74) is 1.28. The topological polar surface area (TPSA) is 33.1 Å². The first kappa shape index (κ1) is 13.5. The maximum atomic E-state index is 13.1. The van der Waals surface area contributed by atoms with Crippen LogP contribution in [0.15, 0.2) is 41.1 Å². The molecule has 0 aliphatic carbocycles. The van der Waals surface area contributed by atoms with Gasteiger partial charge in [0, 0.05) is 28.9 Å². The molecular formula is C13H10BrClFNO. The summed E-state index contributed by atoms with van der Waals surface area (Å²) in [5, 5.41) is 10.5. The Kier molecular flexibility index (Phi) is 4.32. The zero-order valence-corrected chi connectivity index (χ0v) is 11.6. The van der Waals surface area contributed by atoms with Gasteiger partial charge in [-0.3, -0.25) is 4.98 Å². The van der Waals surface area contributed by atoms with E-state index < -0.39 is 6.10 Å². The lowest BCUT2D eigenvalue weighted by atomic mass is 10.0. The Morgan fingerprint density at radius 3 is 2.89 bits per heavy atom. The van der Waals surface area contributed by atoms with Crippen molar-refractivity contribution < 1.29 is 9.50 Å². The summed E-state index contributed by atoms with van der Waals surface area (Å²) < 4.78 is 13.9. The first-order valence-corrected chi connectivity index (χ1v) is 6.46. The number of aromatic nitrogens is 1. The van der Waals surface area contributed by atoms with Gasteiger partial charge in [0.2, 0.25) is 0 Å². The van der Waals surface area contributed by atoms with Gasteiger partial charge in [-0.1, -0.05) is 27.5 Å². The van der Waals surface area contributed by atoms with E-state index >= 15 is 0 Å². The SMILES string of the molecule is OC(Cc1cc(F)ccc1Br)c1ccncc1Cl. The number of hydrogen-bond donors (Lipinski definition) is 1. The summed E-state index contributed by atoms with van der Waals surface area (Å²) in [7, 11) is 0. The predicted octanol–water partition coefficient (Wildman–Crippen LogP) is 3.91. The van der Waals surface area contributed by atoms with Crippen LogP contribution in [0.1, 0.15) is 17.2 Å². The molecule has 1 unspecified atom stereocenters. The zero-order chi connectivity index (χ0) is 13.1. The summed E-state index contributed by atoms with van der Waals surface area (Å²) in [6.45, 7) is 0. The fourth-order valence-corrected chi connectivity index (χ4v) is 2.33. The van der Waals surface area contributed by atoms with E-state index in [2.05, 4.69) is 20.9 Å². The number of rotatable bonds is 3. The molecule has 2 rings (SSSR count). The Bertz CT molecular complexity index is 564. The molecule has 2 nitrogen and oxygen atoms in total. The molecule has 1 aromatic carbocycles. The first-order valence-electron chi connectivity index (χ1n) is 5.29. The minimum Gasteiger partial charge on any atom is -0.388 e. The number of halogens is 3. The quantitative estimate of drug-likeness (QED) is 0.925. The molecule has 2 aromatic rings. The van der Waals surface area contributed by atoms with Gasteiger partial charge in [0.25, 0.3) is 0 Å². The van der Waals surface area contributed by atoms with E-state index in [9.17, 15) is 9.50 Å². The highest BCUT2D eigenvalue weighted by Gasteiger charge is 2.14. The van der Waals surface area contributed by atoms with E-state index in [1.807, 2.05) is 0 Å². The van der Waals surface area contributed by atoms with Crippen molar-refractivity contribution in [1.29, 1.82) is 0 Å². The van der Waals surface area contributed by atoms with Gasteiger partial charge in [-0.15, -0.1) is 0 Å². The third kappa shape index (κ3) is 3.07. The number of benzene rings is 1. The molecule has 94 valence electrons. The fraction of sp³-hybridized carbons (Fsp3) is 0.154. The van der Waals surface area contributed by atoms with Crippen molar-refractivity contribution in [2.45, 2.75) is 12.5 Å². The van der Waals surface area contributed by atoms with Crippen molar-refractivity contribution in [3.05, 3.63) is 63.1 Å². The molecule has 5 heteroatoms. The van der Waals surface area contributed by atoms with Crippen LogP contribution < -0.4 is 0 Å². The highest BCUT2D eigenvalue weighted by molar-refractivity contribution is 9.10. The Morgan fingerprint density at radius 2 is 2.17 bits per heavy atom. The van der Waals surface area contributed by atoms with Crippen molar-refractivity contribution in [3.63, 3.8) is 0 Å². The molecule has 1 N–H and O–H groups in total. The van der Waals surface area contributed by atoms with Crippen LogP contribution in [-0.2, 0) is 6.42 Å². The number of hydrogen-bond acceptors (Lipinski definition) is 2. The smallest absolute Gasteiger partial charge is 0.123 e. The van der Waals surface area contributed by atoms with Crippen LogP contribution in [0.25, 0.3) is 0 Å². The van der Waals surface area contributed by atoms with Crippen molar-refractivity contribution in [2.75, 3.05) is 0 Å². The van der Waals surface area contributed by atoms with Crippen molar-refractivity contribution in [2.24, 2.45) is 0 Å². The van der Waals surface area contributed by atoms with Crippen molar-refractivity contribution in [1.82, 2.24) is 4.98 Å². The van der Waals surface area contributed by atoms with Crippen LogP contribution in [0.5, 0.6) is 0 Å². The first-order chi connectivity index (χ1) is 8.58. The molecule has 0 radical (unpaired) electrons. The van der Waals surface area contributed by atoms with E-state index in [1.54, 1.807) is 18.3 Å². The van der Waals surface area contributed by atoms with E-state index in [4.69, 9.17) is 11.6 Å². The van der Waals surface area contributed by atoms with Gasteiger partial charge in [-0.2, -0.15) is 0 Å². The van der Waals surface area contributed by atoms with E-state index in [0.29, 0.717) is 16.1 Å². The van der Waals surface area contributed by atoms with Crippen molar-refractivity contribution in [3.8, 4) is 0 Å². The van der Waals surface area contributed by atoms with Crippen LogP contribution >= 0.6 is 27.5 Å². The number of pyridine rings is 1. The Hall–Kier alpha value is -0.970. The van der Waals surface area contributed by atoms with Crippen molar-refractivity contribution >= 4 is 27.5 Å². The van der Waals surface area contributed by atoms with Crippen LogP contribution in [-0.4, -0.2) is 10.1 Å². The molecule has 1 atom stereocenters. The second-order valence-electron chi connectivity index (χ2n) is 3.85. The molecule has 1 aromatic heterocycles. The normalized spacial score (nSPS) is 12.4. The average Bonchev–Trinajstić information content (AvgIpc) is 2.34. The van der Waals surface area contributed by atoms with Gasteiger partial charge < -0.3 is 5.11 Å². The van der Waals surface area contributed by atoms with Gasteiger partial charge >= 0.3 is 0 Å². The van der Waals surface area contributed by atoms with Gasteiger partial charge in [-0.25, -0.2) is 4.39 Å². The van der Waals surface area contributed by atoms with Crippen LogP contribution in [0.4, 0.5) is 4.39 Å². The number of aliphatic hydroxyl groups is 1. The van der Waals surface area contributed by atoms with Gasteiger partial charge in [0.05, 0.1) is 11.1 Å². The van der Waals surface area contributed by atoms with E-state index in [-0.39, 0.29) is 12.2 Å². The van der Waals surface area contributed by atoms with Crippen LogP contribution in [0.2, 0.25) is 5.02 Å². The minimum atomic E-state index is -0.793. The van der Waals surface area contributed by atoms with E-state index in [1.165, 1.54) is 18.3 Å². The molecule has 0 saturated carbocycles. The standard InChI is InChI=1S/C13H10BrClFNO/c14-11-2-1-9(16)5-8(11)6-13(18)10-3-4-17-7-12(10)15/h1-5,7,13,18H,6H2. The van der Waals surface area contributed by atoms with Gasteiger partial charge in [0.1, 0.15) is 5.82 Å². The maximum Gasteiger partial charge on any atom is 0.123 e. The largest absolute Gasteiger partial charge is 0.388 e. The lowest BCUT2D eigenvalue weighted by molar-refractivity contribution is 0.178. The van der Waals surface area contributed by atoms with Crippen LogP contribution in [0, 0.1) is 5.82 Å². The molecule has 18 heavy (non-hydrogen) atoms. The summed E-state index contributed by atoms with van der Waals surface area (Å²) >= 11 is 9.27. The highest BCUT2D eigenvalue weighted by Crippen LogP contribution is 2.27. The summed E-state index contributed by atoms with van der Waals surface area (Å²) in [4.78, 5) is 3.85.